The molecule has 2 heterocycles. The summed E-state index contributed by atoms with van der Waals surface area (Å²) in [4.78, 5) is 28.6. The van der Waals surface area contributed by atoms with E-state index in [0.29, 0.717) is 17.0 Å². The molecule has 0 radical (unpaired) electrons. The first-order chi connectivity index (χ1) is 12.5. The molecule has 5 nitrogen and oxygen atoms in total. The minimum atomic E-state index is -0.493. The number of hydrogen-bond donors (Lipinski definition) is 1. The van der Waals surface area contributed by atoms with Gasteiger partial charge in [-0.15, -0.1) is 0 Å². The van der Waals surface area contributed by atoms with Crippen molar-refractivity contribution in [2.75, 3.05) is 18.5 Å². The van der Waals surface area contributed by atoms with Gasteiger partial charge < -0.3 is 10.2 Å². The Morgan fingerprint density at radius 2 is 1.69 bits per heavy atom. The van der Waals surface area contributed by atoms with Crippen molar-refractivity contribution in [3.05, 3.63) is 76.7 Å². The van der Waals surface area contributed by atoms with Gasteiger partial charge in [-0.05, 0) is 36.8 Å². The third-order valence-corrected chi connectivity index (χ3v) is 4.91. The van der Waals surface area contributed by atoms with Gasteiger partial charge in [-0.2, -0.15) is 0 Å². The first kappa shape index (κ1) is 16.3. The zero-order chi connectivity index (χ0) is 18.4. The van der Waals surface area contributed by atoms with Gasteiger partial charge in [0.25, 0.3) is 5.91 Å². The molecule has 6 heteroatoms. The van der Waals surface area contributed by atoms with E-state index in [4.69, 9.17) is 0 Å². The normalized spacial score (nSPS) is 19.7. The second-order valence-corrected chi connectivity index (χ2v) is 6.58. The number of amides is 3. The van der Waals surface area contributed by atoms with Crippen LogP contribution in [-0.2, 0) is 4.79 Å². The number of carbonyl (C=O) groups excluding carboxylic acids is 2. The standard InChI is InChI=1S/C20H18FN3O2/c1-12-3-5-13(6-4-12)18-17-16(23(2)20(26)22-18)11-24(19(17)25)15-9-7-14(21)8-10-15/h3-10,18H,11H2,1-2H3,(H,22,26)/t18-/m0/s1. The van der Waals surface area contributed by atoms with Gasteiger partial charge in [0.1, 0.15) is 5.82 Å². The van der Waals surface area contributed by atoms with Crippen LogP contribution in [0.15, 0.2) is 59.8 Å². The Labute approximate surface area is 150 Å². The third-order valence-electron chi connectivity index (χ3n) is 4.91. The first-order valence-corrected chi connectivity index (χ1v) is 8.37. The van der Waals surface area contributed by atoms with E-state index >= 15 is 0 Å². The summed E-state index contributed by atoms with van der Waals surface area (Å²) in [6, 6.07) is 12.8. The summed E-state index contributed by atoms with van der Waals surface area (Å²) >= 11 is 0. The molecule has 3 amide bonds. The van der Waals surface area contributed by atoms with Crippen molar-refractivity contribution >= 4 is 17.6 Å². The van der Waals surface area contributed by atoms with E-state index in [1.165, 1.54) is 17.0 Å². The van der Waals surface area contributed by atoms with Gasteiger partial charge >= 0.3 is 6.03 Å². The molecule has 0 saturated heterocycles. The molecule has 0 aromatic heterocycles. The van der Waals surface area contributed by atoms with Crippen LogP contribution in [0.5, 0.6) is 0 Å². The Hall–Kier alpha value is -3.15. The molecular weight excluding hydrogens is 333 g/mol. The number of benzene rings is 2. The number of likely N-dealkylation sites (N-methyl/N-ethyl adjacent to an activating group) is 1. The zero-order valence-electron chi connectivity index (χ0n) is 14.5. The maximum absolute atomic E-state index is 13.2. The van der Waals surface area contributed by atoms with Crippen LogP contribution in [0.3, 0.4) is 0 Å². The fourth-order valence-electron chi connectivity index (χ4n) is 3.41. The van der Waals surface area contributed by atoms with E-state index in [-0.39, 0.29) is 24.3 Å². The van der Waals surface area contributed by atoms with Crippen molar-refractivity contribution < 1.29 is 14.0 Å². The summed E-state index contributed by atoms with van der Waals surface area (Å²) in [5, 5.41) is 2.91. The van der Waals surface area contributed by atoms with E-state index in [0.717, 1.165) is 11.1 Å². The van der Waals surface area contributed by atoms with Gasteiger partial charge in [0.05, 0.1) is 23.9 Å². The maximum atomic E-state index is 13.2. The van der Waals surface area contributed by atoms with E-state index in [2.05, 4.69) is 5.32 Å². The Morgan fingerprint density at radius 1 is 1.04 bits per heavy atom. The molecule has 4 rings (SSSR count). The number of nitrogens with zero attached hydrogens (tertiary/aromatic N) is 2. The molecule has 2 aliphatic rings. The molecule has 2 aromatic rings. The first-order valence-electron chi connectivity index (χ1n) is 8.37. The summed E-state index contributed by atoms with van der Waals surface area (Å²) in [6.45, 7) is 2.27. The van der Waals surface area contributed by atoms with Crippen molar-refractivity contribution in [3.63, 3.8) is 0 Å². The largest absolute Gasteiger partial charge is 0.327 e. The van der Waals surface area contributed by atoms with Gasteiger partial charge in [0.15, 0.2) is 0 Å². The van der Waals surface area contributed by atoms with Gasteiger partial charge in [-0.3, -0.25) is 9.69 Å². The van der Waals surface area contributed by atoms with E-state index in [1.54, 1.807) is 24.1 Å². The summed E-state index contributed by atoms with van der Waals surface area (Å²) in [5.74, 6) is -0.534. The molecule has 0 spiro atoms. The monoisotopic (exact) mass is 351 g/mol. The van der Waals surface area contributed by atoms with Crippen LogP contribution in [0.25, 0.3) is 0 Å². The summed E-state index contributed by atoms with van der Waals surface area (Å²) < 4.78 is 13.2. The Morgan fingerprint density at radius 3 is 2.35 bits per heavy atom. The topological polar surface area (TPSA) is 52.7 Å². The highest BCUT2D eigenvalue weighted by Crippen LogP contribution is 2.37. The Bertz CT molecular complexity index is 919. The molecule has 0 bridgehead atoms. The quantitative estimate of drug-likeness (QED) is 0.904. The number of hydrogen-bond acceptors (Lipinski definition) is 2. The lowest BCUT2D eigenvalue weighted by atomic mass is 9.95. The van der Waals surface area contributed by atoms with Gasteiger partial charge in [0, 0.05) is 12.7 Å². The number of anilines is 1. The van der Waals surface area contributed by atoms with E-state index in [1.807, 2.05) is 31.2 Å². The highest BCUT2D eigenvalue weighted by molar-refractivity contribution is 6.11. The minimum absolute atomic E-state index is 0.177. The number of carbonyl (C=O) groups is 2. The lowest BCUT2D eigenvalue weighted by molar-refractivity contribution is -0.114. The summed E-state index contributed by atoms with van der Waals surface area (Å²) in [7, 11) is 1.65. The van der Waals surface area contributed by atoms with Gasteiger partial charge in [0.2, 0.25) is 0 Å². The lowest BCUT2D eigenvalue weighted by Crippen LogP contribution is -2.45. The second kappa shape index (κ2) is 5.98. The average molecular weight is 351 g/mol. The molecule has 2 aromatic carbocycles. The second-order valence-electron chi connectivity index (χ2n) is 6.58. The van der Waals surface area contributed by atoms with Crippen molar-refractivity contribution in [2.24, 2.45) is 0 Å². The number of rotatable bonds is 2. The van der Waals surface area contributed by atoms with Crippen molar-refractivity contribution in [1.29, 1.82) is 0 Å². The average Bonchev–Trinajstić information content (AvgIpc) is 2.97. The zero-order valence-corrected chi connectivity index (χ0v) is 14.5. The van der Waals surface area contributed by atoms with E-state index < -0.39 is 6.04 Å². The smallest absolute Gasteiger partial charge is 0.322 e. The molecule has 0 fully saturated rings. The third kappa shape index (κ3) is 2.54. The van der Waals surface area contributed by atoms with Crippen LogP contribution in [0, 0.1) is 12.7 Å². The fraction of sp³-hybridized carbons (Fsp3) is 0.200. The van der Waals surface area contributed by atoms with Gasteiger partial charge in [-0.1, -0.05) is 29.8 Å². The van der Waals surface area contributed by atoms with Crippen LogP contribution >= 0.6 is 0 Å². The van der Waals surface area contributed by atoms with Crippen LogP contribution in [0.4, 0.5) is 14.9 Å². The molecular formula is C20H18FN3O2. The van der Waals surface area contributed by atoms with Crippen LogP contribution in [0.1, 0.15) is 17.2 Å². The number of aryl methyl sites for hydroxylation is 1. The van der Waals surface area contributed by atoms with Gasteiger partial charge in [-0.25, -0.2) is 9.18 Å². The van der Waals surface area contributed by atoms with Crippen LogP contribution in [-0.4, -0.2) is 30.4 Å². The molecule has 2 aliphatic heterocycles. The van der Waals surface area contributed by atoms with Crippen molar-refractivity contribution in [3.8, 4) is 0 Å². The molecule has 0 aliphatic carbocycles. The number of halogens is 1. The lowest BCUT2D eigenvalue weighted by Gasteiger charge is -2.31. The maximum Gasteiger partial charge on any atom is 0.322 e. The predicted molar refractivity (Wildman–Crippen MR) is 96.0 cm³/mol. The number of nitrogens with one attached hydrogen (secondary N) is 1. The Kier molecular flexibility index (Phi) is 3.76. The van der Waals surface area contributed by atoms with Crippen molar-refractivity contribution in [2.45, 2.75) is 13.0 Å². The van der Waals surface area contributed by atoms with Crippen LogP contribution in [0.2, 0.25) is 0 Å². The van der Waals surface area contributed by atoms with Crippen LogP contribution < -0.4 is 10.2 Å². The molecule has 0 saturated carbocycles. The minimum Gasteiger partial charge on any atom is -0.327 e. The van der Waals surface area contributed by atoms with E-state index in [9.17, 15) is 14.0 Å². The molecule has 26 heavy (non-hydrogen) atoms. The molecule has 0 unspecified atom stereocenters. The Balaban J connectivity index is 1.75. The number of urea groups is 1. The molecule has 132 valence electrons. The highest BCUT2D eigenvalue weighted by atomic mass is 19.1. The SMILES string of the molecule is Cc1ccc([C@@H]2NC(=O)N(C)C3=C2C(=O)N(c2ccc(F)cc2)C3)cc1. The fourth-order valence-corrected chi connectivity index (χ4v) is 3.41. The predicted octanol–water partition coefficient (Wildman–Crippen LogP) is 3.13. The summed E-state index contributed by atoms with van der Waals surface area (Å²) in [5.41, 5.74) is 3.80. The van der Waals surface area contributed by atoms with Crippen molar-refractivity contribution in [1.82, 2.24) is 10.2 Å². The molecule has 1 N–H and O–H groups in total. The highest BCUT2D eigenvalue weighted by Gasteiger charge is 2.43. The summed E-state index contributed by atoms with van der Waals surface area (Å²) in [6.07, 6.45) is 0. The molecule has 1 atom stereocenters.